The number of rotatable bonds is 9. The maximum absolute atomic E-state index is 13.6. The van der Waals surface area contributed by atoms with Gasteiger partial charge in [0.2, 0.25) is 5.91 Å². The Bertz CT molecular complexity index is 1100. The smallest absolute Gasteiger partial charge is 0.229 e. The number of hydrogen-bond acceptors (Lipinski definition) is 6. The number of aliphatic hydroxyl groups excluding tert-OH is 1. The molecule has 0 saturated carbocycles. The number of carbonyl (C=O) groups excluding carboxylic acids is 1. The van der Waals surface area contributed by atoms with Crippen LogP contribution in [0.15, 0.2) is 60.9 Å². The molecule has 3 heterocycles. The Morgan fingerprint density at radius 3 is 2.71 bits per heavy atom. The maximum Gasteiger partial charge on any atom is 0.229 e. The highest BCUT2D eigenvalue weighted by Crippen LogP contribution is 2.32. The third kappa shape index (κ3) is 5.69. The first-order chi connectivity index (χ1) is 16.5. The molecule has 1 aromatic carbocycles. The normalized spacial score (nSPS) is 15.2. The highest BCUT2D eigenvalue weighted by atomic mass is 19.1. The van der Waals surface area contributed by atoms with Crippen LogP contribution in [0.2, 0.25) is 0 Å². The lowest BCUT2D eigenvalue weighted by Gasteiger charge is -2.32. The maximum atomic E-state index is 13.6. The minimum absolute atomic E-state index is 0.207. The van der Waals surface area contributed by atoms with Gasteiger partial charge in [0, 0.05) is 44.2 Å². The number of halogens is 1. The van der Waals surface area contributed by atoms with Crippen LogP contribution in [-0.2, 0) is 11.2 Å². The van der Waals surface area contributed by atoms with Crippen LogP contribution in [0, 0.1) is 11.7 Å². The van der Waals surface area contributed by atoms with Gasteiger partial charge < -0.3 is 21.1 Å². The van der Waals surface area contributed by atoms with Crippen molar-refractivity contribution in [2.24, 2.45) is 11.7 Å². The van der Waals surface area contributed by atoms with E-state index in [2.05, 4.69) is 15.2 Å². The summed E-state index contributed by atoms with van der Waals surface area (Å²) in [5.74, 6) is 0.249. The van der Waals surface area contributed by atoms with Crippen molar-refractivity contribution in [3.63, 3.8) is 0 Å². The molecule has 0 aliphatic carbocycles. The van der Waals surface area contributed by atoms with E-state index in [9.17, 15) is 14.3 Å². The van der Waals surface area contributed by atoms with Crippen molar-refractivity contribution in [3.05, 3.63) is 83.4 Å². The highest BCUT2D eigenvalue weighted by molar-refractivity contribution is 5.87. The van der Waals surface area contributed by atoms with Crippen molar-refractivity contribution in [1.82, 2.24) is 9.97 Å². The molecular weight excluding hydrogens is 433 g/mol. The average molecular weight is 464 g/mol. The minimum atomic E-state index is -0.702. The van der Waals surface area contributed by atoms with Crippen LogP contribution in [0.5, 0.6) is 0 Å². The zero-order chi connectivity index (χ0) is 23.9. The van der Waals surface area contributed by atoms with E-state index >= 15 is 0 Å². The Balaban J connectivity index is 1.62. The van der Waals surface area contributed by atoms with E-state index in [1.165, 1.54) is 12.1 Å². The van der Waals surface area contributed by atoms with Crippen LogP contribution in [0.4, 0.5) is 16.0 Å². The summed E-state index contributed by atoms with van der Waals surface area (Å²) in [6, 6.07) is 13.9. The van der Waals surface area contributed by atoms with Crippen LogP contribution < -0.4 is 16.0 Å². The molecular formula is C26H30FN5O2. The van der Waals surface area contributed by atoms with Crippen LogP contribution in [0.25, 0.3) is 0 Å². The van der Waals surface area contributed by atoms with Crippen molar-refractivity contribution in [2.75, 3.05) is 36.5 Å². The molecule has 1 saturated heterocycles. The van der Waals surface area contributed by atoms with Crippen molar-refractivity contribution in [2.45, 2.75) is 25.2 Å². The third-order valence-corrected chi connectivity index (χ3v) is 6.32. The molecule has 8 heteroatoms. The van der Waals surface area contributed by atoms with Gasteiger partial charge in [0.25, 0.3) is 0 Å². The fourth-order valence-corrected chi connectivity index (χ4v) is 4.42. The molecule has 4 rings (SSSR count). The van der Waals surface area contributed by atoms with Gasteiger partial charge in [-0.15, -0.1) is 0 Å². The number of amides is 1. The molecule has 1 unspecified atom stereocenters. The molecule has 178 valence electrons. The van der Waals surface area contributed by atoms with E-state index in [0.29, 0.717) is 35.8 Å². The summed E-state index contributed by atoms with van der Waals surface area (Å²) in [4.78, 5) is 23.7. The van der Waals surface area contributed by atoms with Crippen molar-refractivity contribution < 1.29 is 14.3 Å². The Morgan fingerprint density at radius 2 is 2.03 bits per heavy atom. The van der Waals surface area contributed by atoms with Gasteiger partial charge in [-0.25, -0.2) is 9.37 Å². The van der Waals surface area contributed by atoms with Gasteiger partial charge in [-0.05, 0) is 60.6 Å². The molecule has 0 bridgehead atoms. The largest absolute Gasteiger partial charge is 0.396 e. The second-order valence-electron chi connectivity index (χ2n) is 8.65. The molecule has 0 radical (unpaired) electrons. The first kappa shape index (κ1) is 23.6. The minimum Gasteiger partial charge on any atom is -0.396 e. The van der Waals surface area contributed by atoms with Crippen LogP contribution in [-0.4, -0.2) is 47.2 Å². The number of pyridine rings is 2. The Hall–Kier alpha value is -3.52. The van der Waals surface area contributed by atoms with Crippen molar-refractivity contribution in [1.29, 1.82) is 0 Å². The Labute approximate surface area is 198 Å². The van der Waals surface area contributed by atoms with Gasteiger partial charge >= 0.3 is 0 Å². The summed E-state index contributed by atoms with van der Waals surface area (Å²) in [5.41, 5.74) is 8.06. The lowest BCUT2D eigenvalue weighted by molar-refractivity contribution is -0.118. The summed E-state index contributed by atoms with van der Waals surface area (Å²) >= 11 is 0. The fourth-order valence-electron chi connectivity index (χ4n) is 4.42. The zero-order valence-electron chi connectivity index (χ0n) is 19.0. The Morgan fingerprint density at radius 1 is 1.21 bits per heavy atom. The van der Waals surface area contributed by atoms with Crippen molar-refractivity contribution in [3.8, 4) is 0 Å². The number of benzene rings is 1. The molecule has 34 heavy (non-hydrogen) atoms. The van der Waals surface area contributed by atoms with Crippen molar-refractivity contribution >= 4 is 17.5 Å². The molecule has 1 aliphatic rings. The fraction of sp³-hybridized carbons (Fsp3) is 0.346. The number of nitrogens with zero attached hydrogens (tertiary/aromatic N) is 3. The second-order valence-corrected chi connectivity index (χ2v) is 8.65. The second kappa shape index (κ2) is 11.1. The number of hydrogen-bond donors (Lipinski definition) is 3. The average Bonchev–Trinajstić information content (AvgIpc) is 2.85. The van der Waals surface area contributed by atoms with E-state index in [1.807, 2.05) is 24.3 Å². The lowest BCUT2D eigenvalue weighted by Crippen LogP contribution is -2.35. The van der Waals surface area contributed by atoms with Crippen LogP contribution in [0.1, 0.15) is 35.4 Å². The quantitative estimate of drug-likeness (QED) is 0.451. The highest BCUT2D eigenvalue weighted by Gasteiger charge is 2.26. The molecule has 1 amide bonds. The Kier molecular flexibility index (Phi) is 7.69. The first-order valence-corrected chi connectivity index (χ1v) is 11.6. The molecule has 0 spiro atoms. The van der Waals surface area contributed by atoms with E-state index < -0.39 is 11.8 Å². The molecule has 3 aromatic rings. The first-order valence-electron chi connectivity index (χ1n) is 11.6. The number of carbonyl (C=O) groups is 1. The zero-order valence-corrected chi connectivity index (χ0v) is 19.0. The molecule has 1 aliphatic heterocycles. The van der Waals surface area contributed by atoms with Gasteiger partial charge in [-0.3, -0.25) is 9.78 Å². The predicted octanol–water partition coefficient (Wildman–Crippen LogP) is 3.10. The standard InChI is InChI=1S/C26H30FN5O2/c27-21-5-1-3-18(15-21)8-12-30-26-22(24(25(28)34)20-4-2-11-29-16-20)6-7-23(31-26)32-13-9-19(17-33)10-14-32/h1-7,11,15-16,19,24,33H,8-10,12-14,17H2,(H2,28,34)(H,30,31). The SMILES string of the molecule is NC(=O)C(c1cccnc1)c1ccc(N2CCC(CO)CC2)nc1NCCc1cccc(F)c1. The van der Waals surface area contributed by atoms with Gasteiger partial charge in [-0.1, -0.05) is 24.3 Å². The molecule has 2 aromatic heterocycles. The topological polar surface area (TPSA) is 104 Å². The summed E-state index contributed by atoms with van der Waals surface area (Å²) < 4.78 is 13.6. The number of primary amides is 1. The number of nitrogens with one attached hydrogen (secondary N) is 1. The summed E-state index contributed by atoms with van der Waals surface area (Å²) in [6.07, 6.45) is 5.69. The number of piperidine rings is 1. The van der Waals surface area contributed by atoms with Gasteiger partial charge in [0.05, 0.1) is 5.92 Å². The van der Waals surface area contributed by atoms with Gasteiger partial charge in [0.15, 0.2) is 0 Å². The van der Waals surface area contributed by atoms with Gasteiger partial charge in [-0.2, -0.15) is 0 Å². The summed E-state index contributed by atoms with van der Waals surface area (Å²) in [6.45, 7) is 2.33. The molecule has 1 fully saturated rings. The lowest BCUT2D eigenvalue weighted by atomic mass is 9.91. The van der Waals surface area contributed by atoms with Crippen LogP contribution in [0.3, 0.4) is 0 Å². The summed E-state index contributed by atoms with van der Waals surface area (Å²) in [5, 5.41) is 12.8. The summed E-state index contributed by atoms with van der Waals surface area (Å²) in [7, 11) is 0. The molecule has 1 atom stereocenters. The number of nitrogens with two attached hydrogens (primary N) is 1. The van der Waals surface area contributed by atoms with Crippen LogP contribution >= 0.6 is 0 Å². The number of anilines is 2. The van der Waals surface area contributed by atoms with Gasteiger partial charge in [0.1, 0.15) is 17.5 Å². The monoisotopic (exact) mass is 463 g/mol. The molecule has 4 N–H and O–H groups in total. The van der Waals surface area contributed by atoms with E-state index in [0.717, 1.165) is 37.3 Å². The van der Waals surface area contributed by atoms with E-state index in [-0.39, 0.29) is 12.4 Å². The van der Waals surface area contributed by atoms with E-state index in [4.69, 9.17) is 10.7 Å². The number of aromatic nitrogens is 2. The predicted molar refractivity (Wildman–Crippen MR) is 130 cm³/mol. The number of aliphatic hydroxyl groups is 1. The molecule has 7 nitrogen and oxygen atoms in total. The third-order valence-electron chi connectivity index (χ3n) is 6.32. The van der Waals surface area contributed by atoms with E-state index in [1.54, 1.807) is 24.5 Å².